The van der Waals surface area contributed by atoms with Crippen molar-refractivity contribution in [1.29, 1.82) is 0 Å². The fraction of sp³-hybridized carbons (Fsp3) is 0.278. The van der Waals surface area contributed by atoms with Gasteiger partial charge in [-0.1, -0.05) is 24.6 Å². The van der Waals surface area contributed by atoms with Gasteiger partial charge in [0.15, 0.2) is 11.2 Å². The largest absolute Gasteiger partial charge is 0.455 e. The molecule has 0 spiro atoms. The summed E-state index contributed by atoms with van der Waals surface area (Å²) < 4.78 is 6.14. The molecule has 0 amide bonds. The molecule has 2 aromatic heterocycles. The normalized spacial score (nSPS) is 18.6. The van der Waals surface area contributed by atoms with Gasteiger partial charge in [0, 0.05) is 6.04 Å². The van der Waals surface area contributed by atoms with Crippen molar-refractivity contribution in [3.05, 3.63) is 57.6 Å². The molecule has 0 bridgehead atoms. The van der Waals surface area contributed by atoms with E-state index in [2.05, 4.69) is 5.32 Å². The van der Waals surface area contributed by atoms with Crippen LogP contribution in [-0.2, 0) is 0 Å². The van der Waals surface area contributed by atoms with Crippen molar-refractivity contribution in [2.24, 2.45) is 0 Å². The van der Waals surface area contributed by atoms with Gasteiger partial charge in [-0.25, -0.2) is 0 Å². The zero-order chi connectivity index (χ0) is 14.9. The first-order valence-electron chi connectivity index (χ1n) is 7.67. The summed E-state index contributed by atoms with van der Waals surface area (Å²) in [6, 6.07) is 11.6. The Kier molecular flexibility index (Phi) is 3.56. The third kappa shape index (κ3) is 2.28. The van der Waals surface area contributed by atoms with Crippen LogP contribution in [0.1, 0.15) is 30.9 Å². The predicted molar refractivity (Wildman–Crippen MR) is 90.4 cm³/mol. The first-order chi connectivity index (χ1) is 10.8. The quantitative estimate of drug-likeness (QED) is 0.765. The molecular weight excluding hydrogens is 294 g/mol. The number of piperidine rings is 1. The number of hydrogen-bond donors (Lipinski definition) is 1. The lowest BCUT2D eigenvalue weighted by Crippen LogP contribution is -2.31. The van der Waals surface area contributed by atoms with Crippen LogP contribution in [0, 0.1) is 0 Å². The number of thiophene rings is 1. The highest BCUT2D eigenvalue weighted by Gasteiger charge is 2.25. The van der Waals surface area contributed by atoms with Crippen molar-refractivity contribution in [3.8, 4) is 10.6 Å². The molecule has 1 aliphatic rings. The molecule has 1 N–H and O–H groups in total. The molecule has 1 aromatic carbocycles. The van der Waals surface area contributed by atoms with Crippen molar-refractivity contribution in [2.45, 2.75) is 25.3 Å². The first kappa shape index (κ1) is 13.7. The number of benzene rings is 1. The molecule has 1 unspecified atom stereocenters. The summed E-state index contributed by atoms with van der Waals surface area (Å²) in [5.74, 6) is 0.734. The van der Waals surface area contributed by atoms with Gasteiger partial charge >= 0.3 is 0 Å². The van der Waals surface area contributed by atoms with E-state index in [1.54, 1.807) is 11.3 Å². The highest BCUT2D eigenvalue weighted by atomic mass is 32.1. The van der Waals surface area contributed by atoms with Crippen molar-refractivity contribution in [1.82, 2.24) is 5.32 Å². The van der Waals surface area contributed by atoms with Crippen LogP contribution in [-0.4, -0.2) is 6.54 Å². The van der Waals surface area contributed by atoms with Crippen molar-refractivity contribution in [2.75, 3.05) is 6.54 Å². The number of hydrogen-bond acceptors (Lipinski definition) is 4. The van der Waals surface area contributed by atoms with Crippen LogP contribution < -0.4 is 10.7 Å². The summed E-state index contributed by atoms with van der Waals surface area (Å²) in [5.41, 5.74) is 1.56. The number of fused-ring (bicyclic) bond motifs is 1. The van der Waals surface area contributed by atoms with Gasteiger partial charge in [0.05, 0.1) is 15.8 Å². The molecule has 1 atom stereocenters. The summed E-state index contributed by atoms with van der Waals surface area (Å²) in [6.07, 6.45) is 3.30. The second-order valence-corrected chi connectivity index (χ2v) is 6.60. The molecule has 1 fully saturated rings. The van der Waals surface area contributed by atoms with Gasteiger partial charge in [-0.2, -0.15) is 0 Å². The second-order valence-electron chi connectivity index (χ2n) is 5.65. The van der Waals surface area contributed by atoms with E-state index in [0.717, 1.165) is 35.6 Å². The second kappa shape index (κ2) is 5.71. The van der Waals surface area contributed by atoms with E-state index in [1.165, 1.54) is 6.42 Å². The zero-order valence-electron chi connectivity index (χ0n) is 12.2. The Morgan fingerprint density at radius 2 is 2.05 bits per heavy atom. The maximum absolute atomic E-state index is 13.0. The zero-order valence-corrected chi connectivity index (χ0v) is 13.0. The van der Waals surface area contributed by atoms with Crippen LogP contribution >= 0.6 is 11.3 Å². The van der Waals surface area contributed by atoms with Crippen LogP contribution in [0.15, 0.2) is 51.0 Å². The van der Waals surface area contributed by atoms with E-state index in [4.69, 9.17) is 4.42 Å². The van der Waals surface area contributed by atoms with Crippen LogP contribution in [0.25, 0.3) is 21.6 Å². The molecular formula is C18H17NO2S. The highest BCUT2D eigenvalue weighted by Crippen LogP contribution is 2.34. The third-order valence-electron chi connectivity index (χ3n) is 4.24. The predicted octanol–water partition coefficient (Wildman–Crippen LogP) is 4.34. The smallest absolute Gasteiger partial charge is 0.198 e. The molecule has 3 aromatic rings. The molecule has 1 aliphatic heterocycles. The topological polar surface area (TPSA) is 42.2 Å². The van der Waals surface area contributed by atoms with Crippen LogP contribution in [0.3, 0.4) is 0 Å². The van der Waals surface area contributed by atoms with Gasteiger partial charge in [0.2, 0.25) is 0 Å². The molecule has 0 saturated carbocycles. The third-order valence-corrected chi connectivity index (χ3v) is 5.11. The minimum atomic E-state index is 0.0895. The molecule has 0 aliphatic carbocycles. The first-order valence-corrected chi connectivity index (χ1v) is 8.55. The summed E-state index contributed by atoms with van der Waals surface area (Å²) >= 11 is 1.61. The van der Waals surface area contributed by atoms with Crippen molar-refractivity contribution >= 4 is 22.3 Å². The Hall–Kier alpha value is -1.91. The summed E-state index contributed by atoms with van der Waals surface area (Å²) in [6.45, 7) is 0.959. The molecule has 22 heavy (non-hydrogen) atoms. The minimum absolute atomic E-state index is 0.0895. The van der Waals surface area contributed by atoms with Crippen molar-refractivity contribution in [3.63, 3.8) is 0 Å². The lowest BCUT2D eigenvalue weighted by atomic mass is 9.95. The lowest BCUT2D eigenvalue weighted by Gasteiger charge is -2.24. The van der Waals surface area contributed by atoms with Crippen LogP contribution in [0.2, 0.25) is 0 Å². The van der Waals surface area contributed by atoms with Gasteiger partial charge in [-0.3, -0.25) is 4.79 Å². The van der Waals surface area contributed by atoms with E-state index >= 15 is 0 Å². The number of rotatable bonds is 2. The van der Waals surface area contributed by atoms with Gasteiger partial charge in [0.25, 0.3) is 0 Å². The molecule has 1 saturated heterocycles. The van der Waals surface area contributed by atoms with E-state index in [-0.39, 0.29) is 11.5 Å². The fourth-order valence-electron chi connectivity index (χ4n) is 3.16. The SMILES string of the molecule is O=c1c(C2CCCCN2)c(-c2cccs2)oc2ccccc12. The van der Waals surface area contributed by atoms with Gasteiger partial charge in [-0.05, 0) is 43.0 Å². The number of nitrogens with one attached hydrogen (secondary N) is 1. The minimum Gasteiger partial charge on any atom is -0.455 e. The highest BCUT2D eigenvalue weighted by molar-refractivity contribution is 7.13. The molecule has 0 radical (unpaired) electrons. The van der Waals surface area contributed by atoms with E-state index < -0.39 is 0 Å². The van der Waals surface area contributed by atoms with E-state index in [9.17, 15) is 4.79 Å². The van der Waals surface area contributed by atoms with E-state index in [1.807, 2.05) is 41.8 Å². The monoisotopic (exact) mass is 311 g/mol. The lowest BCUT2D eigenvalue weighted by molar-refractivity contribution is 0.406. The average Bonchev–Trinajstić information content (AvgIpc) is 3.10. The Morgan fingerprint density at radius 3 is 2.82 bits per heavy atom. The molecule has 4 rings (SSSR count). The Labute approximate surface area is 132 Å². The Morgan fingerprint density at radius 1 is 1.14 bits per heavy atom. The molecule has 112 valence electrons. The van der Waals surface area contributed by atoms with Gasteiger partial charge < -0.3 is 9.73 Å². The van der Waals surface area contributed by atoms with Crippen LogP contribution in [0.4, 0.5) is 0 Å². The maximum Gasteiger partial charge on any atom is 0.198 e. The number of para-hydroxylation sites is 1. The summed E-state index contributed by atoms with van der Waals surface area (Å²) in [5, 5.41) is 6.18. The molecule has 3 heterocycles. The maximum atomic E-state index is 13.0. The van der Waals surface area contributed by atoms with Crippen molar-refractivity contribution < 1.29 is 4.42 Å². The Bertz CT molecular complexity index is 845. The standard InChI is InChI=1S/C18H17NO2S/c20-17-12-6-1-2-8-14(12)21-18(15-9-5-11-22-15)16(17)13-7-3-4-10-19-13/h1-2,5-6,8-9,11,13,19H,3-4,7,10H2. The fourth-order valence-corrected chi connectivity index (χ4v) is 3.88. The molecule has 3 nitrogen and oxygen atoms in total. The summed E-state index contributed by atoms with van der Waals surface area (Å²) in [4.78, 5) is 14.1. The van der Waals surface area contributed by atoms with Gasteiger partial charge in [-0.15, -0.1) is 11.3 Å². The van der Waals surface area contributed by atoms with E-state index in [0.29, 0.717) is 11.0 Å². The Balaban J connectivity index is 2.00. The van der Waals surface area contributed by atoms with Gasteiger partial charge in [0.1, 0.15) is 5.58 Å². The molecule has 4 heteroatoms. The average molecular weight is 311 g/mol. The summed E-state index contributed by atoms with van der Waals surface area (Å²) in [7, 11) is 0. The van der Waals surface area contributed by atoms with Crippen LogP contribution in [0.5, 0.6) is 0 Å².